The average molecular weight is 273 g/mol. The Morgan fingerprint density at radius 2 is 2.11 bits per heavy atom. The van der Waals surface area contributed by atoms with Gasteiger partial charge in [0.1, 0.15) is 12.2 Å². The monoisotopic (exact) mass is 272 g/mol. The summed E-state index contributed by atoms with van der Waals surface area (Å²) < 4.78 is 6.22. The standard InChI is InChI=1S/C12H17ClN2O3/c1-8(2)15(7-11(16)18-4)12(17)10-5-9(13)6-14(10)3/h5-6,8H,7H2,1-4H3. The quantitative estimate of drug-likeness (QED) is 0.784. The van der Waals surface area contributed by atoms with Crippen LogP contribution in [0.3, 0.4) is 0 Å². The van der Waals surface area contributed by atoms with Crippen LogP contribution in [-0.4, -0.2) is 41.0 Å². The van der Waals surface area contributed by atoms with Crippen molar-refractivity contribution < 1.29 is 14.3 Å². The Hall–Kier alpha value is -1.49. The van der Waals surface area contributed by atoms with E-state index in [1.54, 1.807) is 23.9 Å². The van der Waals surface area contributed by atoms with Gasteiger partial charge in [0.25, 0.3) is 5.91 Å². The highest BCUT2D eigenvalue weighted by atomic mass is 35.5. The van der Waals surface area contributed by atoms with E-state index < -0.39 is 5.97 Å². The Labute approximate surface area is 111 Å². The van der Waals surface area contributed by atoms with Crippen LogP contribution in [0.5, 0.6) is 0 Å². The van der Waals surface area contributed by atoms with Crippen LogP contribution in [0.2, 0.25) is 5.02 Å². The van der Waals surface area contributed by atoms with Crippen molar-refractivity contribution in [1.82, 2.24) is 9.47 Å². The number of ether oxygens (including phenoxy) is 1. The summed E-state index contributed by atoms with van der Waals surface area (Å²) in [7, 11) is 3.03. The molecular formula is C12H17ClN2O3. The molecule has 0 atom stereocenters. The SMILES string of the molecule is COC(=O)CN(C(=O)c1cc(Cl)cn1C)C(C)C. The molecule has 100 valence electrons. The zero-order valence-electron chi connectivity index (χ0n) is 10.9. The number of hydrogen-bond acceptors (Lipinski definition) is 3. The predicted molar refractivity (Wildman–Crippen MR) is 68.6 cm³/mol. The zero-order valence-corrected chi connectivity index (χ0v) is 11.7. The Balaban J connectivity index is 2.96. The van der Waals surface area contributed by atoms with E-state index in [-0.39, 0.29) is 18.5 Å². The maximum Gasteiger partial charge on any atom is 0.325 e. The van der Waals surface area contributed by atoms with E-state index in [9.17, 15) is 9.59 Å². The van der Waals surface area contributed by atoms with E-state index in [1.165, 1.54) is 12.0 Å². The highest BCUT2D eigenvalue weighted by molar-refractivity contribution is 6.31. The van der Waals surface area contributed by atoms with Crippen molar-refractivity contribution >= 4 is 23.5 Å². The van der Waals surface area contributed by atoms with E-state index >= 15 is 0 Å². The number of esters is 1. The highest BCUT2D eigenvalue weighted by Crippen LogP contribution is 2.16. The maximum atomic E-state index is 12.3. The van der Waals surface area contributed by atoms with Crippen molar-refractivity contribution in [2.24, 2.45) is 7.05 Å². The molecule has 0 aliphatic carbocycles. The summed E-state index contributed by atoms with van der Waals surface area (Å²) in [4.78, 5) is 25.1. The number of methoxy groups -OCH3 is 1. The molecule has 1 amide bonds. The lowest BCUT2D eigenvalue weighted by atomic mass is 10.2. The van der Waals surface area contributed by atoms with E-state index in [0.29, 0.717) is 10.7 Å². The number of nitrogens with zero attached hydrogens (tertiary/aromatic N) is 2. The minimum Gasteiger partial charge on any atom is -0.468 e. The van der Waals surface area contributed by atoms with Crippen molar-refractivity contribution in [3.8, 4) is 0 Å². The van der Waals surface area contributed by atoms with E-state index in [1.807, 2.05) is 13.8 Å². The molecule has 0 fully saturated rings. The summed E-state index contributed by atoms with van der Waals surface area (Å²) in [6.07, 6.45) is 1.64. The van der Waals surface area contributed by atoms with Crippen molar-refractivity contribution in [2.75, 3.05) is 13.7 Å². The van der Waals surface area contributed by atoms with Crippen molar-refractivity contribution in [1.29, 1.82) is 0 Å². The van der Waals surface area contributed by atoms with Crippen molar-refractivity contribution in [2.45, 2.75) is 19.9 Å². The minimum absolute atomic E-state index is 0.0736. The van der Waals surface area contributed by atoms with Gasteiger partial charge in [-0.05, 0) is 19.9 Å². The molecule has 0 radical (unpaired) electrons. The largest absolute Gasteiger partial charge is 0.468 e. The highest BCUT2D eigenvalue weighted by Gasteiger charge is 2.24. The molecule has 0 spiro atoms. The zero-order chi connectivity index (χ0) is 13.9. The molecule has 0 N–H and O–H groups in total. The summed E-state index contributed by atoms with van der Waals surface area (Å²) in [5.74, 6) is -0.692. The van der Waals surface area contributed by atoms with Crippen LogP contribution in [0, 0.1) is 0 Å². The van der Waals surface area contributed by atoms with Crippen LogP contribution in [0.25, 0.3) is 0 Å². The van der Waals surface area contributed by atoms with E-state index in [0.717, 1.165) is 0 Å². The van der Waals surface area contributed by atoms with E-state index in [2.05, 4.69) is 4.74 Å². The van der Waals surface area contributed by atoms with Gasteiger partial charge in [-0.15, -0.1) is 0 Å². The van der Waals surface area contributed by atoms with Gasteiger partial charge in [0, 0.05) is 19.3 Å². The molecule has 1 aromatic heterocycles. The maximum absolute atomic E-state index is 12.3. The lowest BCUT2D eigenvalue weighted by molar-refractivity contribution is -0.141. The normalized spacial score (nSPS) is 10.6. The molecule has 0 aliphatic heterocycles. The summed E-state index contributed by atoms with van der Waals surface area (Å²) in [6.45, 7) is 3.60. The average Bonchev–Trinajstić information content (AvgIpc) is 2.63. The van der Waals surface area contributed by atoms with Gasteiger partial charge < -0.3 is 14.2 Å². The Bertz CT molecular complexity index is 454. The van der Waals surface area contributed by atoms with Crippen molar-refractivity contribution in [3.63, 3.8) is 0 Å². The van der Waals surface area contributed by atoms with Gasteiger partial charge in [-0.25, -0.2) is 0 Å². The van der Waals surface area contributed by atoms with Crippen LogP contribution in [-0.2, 0) is 16.6 Å². The molecule has 0 aromatic carbocycles. The summed E-state index contributed by atoms with van der Waals surface area (Å²) in [6, 6.07) is 1.47. The van der Waals surface area contributed by atoms with Gasteiger partial charge in [-0.3, -0.25) is 9.59 Å². The van der Waals surface area contributed by atoms with E-state index in [4.69, 9.17) is 11.6 Å². The molecule has 5 nitrogen and oxygen atoms in total. The Morgan fingerprint density at radius 1 is 1.50 bits per heavy atom. The topological polar surface area (TPSA) is 51.5 Å². The van der Waals surface area contributed by atoms with Gasteiger partial charge in [-0.2, -0.15) is 0 Å². The number of amides is 1. The van der Waals surface area contributed by atoms with Crippen LogP contribution in [0.4, 0.5) is 0 Å². The number of aromatic nitrogens is 1. The number of carbonyl (C=O) groups excluding carboxylic acids is 2. The smallest absolute Gasteiger partial charge is 0.325 e. The van der Waals surface area contributed by atoms with Crippen molar-refractivity contribution in [3.05, 3.63) is 23.0 Å². The number of carbonyl (C=O) groups is 2. The third-order valence-electron chi connectivity index (χ3n) is 2.60. The second-order valence-electron chi connectivity index (χ2n) is 4.26. The lowest BCUT2D eigenvalue weighted by Crippen LogP contribution is -2.41. The van der Waals surface area contributed by atoms with Gasteiger partial charge in [0.15, 0.2) is 0 Å². The first kappa shape index (κ1) is 14.6. The molecule has 0 unspecified atom stereocenters. The molecular weight excluding hydrogens is 256 g/mol. The lowest BCUT2D eigenvalue weighted by Gasteiger charge is -2.25. The molecule has 1 rings (SSSR count). The molecule has 0 bridgehead atoms. The number of rotatable bonds is 4. The molecule has 6 heteroatoms. The Morgan fingerprint density at radius 3 is 2.50 bits per heavy atom. The molecule has 0 saturated carbocycles. The first-order valence-electron chi connectivity index (χ1n) is 5.56. The fourth-order valence-electron chi connectivity index (χ4n) is 1.58. The fourth-order valence-corrected chi connectivity index (χ4v) is 1.83. The molecule has 1 heterocycles. The third kappa shape index (κ3) is 3.26. The molecule has 0 saturated heterocycles. The first-order valence-corrected chi connectivity index (χ1v) is 5.94. The Kier molecular flexibility index (Phi) is 4.78. The summed E-state index contributed by atoms with van der Waals surface area (Å²) in [5.41, 5.74) is 0.442. The van der Waals surface area contributed by atoms with Crippen LogP contribution in [0.1, 0.15) is 24.3 Å². The molecule has 1 aromatic rings. The molecule has 0 aliphatic rings. The van der Waals surface area contributed by atoms with Gasteiger partial charge >= 0.3 is 5.97 Å². The fraction of sp³-hybridized carbons (Fsp3) is 0.500. The second-order valence-corrected chi connectivity index (χ2v) is 4.69. The first-order chi connectivity index (χ1) is 8.36. The number of hydrogen-bond donors (Lipinski definition) is 0. The van der Waals surface area contributed by atoms with Crippen LogP contribution < -0.4 is 0 Å². The number of aryl methyl sites for hydroxylation is 1. The minimum atomic E-state index is -0.447. The molecule has 18 heavy (non-hydrogen) atoms. The van der Waals surface area contributed by atoms with Gasteiger partial charge in [0.2, 0.25) is 0 Å². The van der Waals surface area contributed by atoms with Gasteiger partial charge in [-0.1, -0.05) is 11.6 Å². The van der Waals surface area contributed by atoms with Gasteiger partial charge in [0.05, 0.1) is 12.1 Å². The number of halogens is 1. The summed E-state index contributed by atoms with van der Waals surface area (Å²) in [5, 5.41) is 0.489. The van der Waals surface area contributed by atoms with Crippen LogP contribution in [0.15, 0.2) is 12.3 Å². The van der Waals surface area contributed by atoms with Crippen LogP contribution >= 0.6 is 11.6 Å². The third-order valence-corrected chi connectivity index (χ3v) is 2.81. The summed E-state index contributed by atoms with van der Waals surface area (Å²) >= 11 is 5.84. The second kappa shape index (κ2) is 5.91. The predicted octanol–water partition coefficient (Wildman–Crippen LogP) is 1.70.